The molecular formula is C14H18N2O2S2. The summed E-state index contributed by atoms with van der Waals surface area (Å²) in [7, 11) is -3.47. The molecule has 0 radical (unpaired) electrons. The predicted octanol–water partition coefficient (Wildman–Crippen LogP) is 2.80. The van der Waals surface area contributed by atoms with Gasteiger partial charge in [0.15, 0.2) is 0 Å². The van der Waals surface area contributed by atoms with Gasteiger partial charge in [0, 0.05) is 4.88 Å². The molecule has 0 atom stereocenters. The smallest absolute Gasteiger partial charge is 0.240 e. The van der Waals surface area contributed by atoms with Gasteiger partial charge in [0.25, 0.3) is 0 Å². The first kappa shape index (κ1) is 15.2. The summed E-state index contributed by atoms with van der Waals surface area (Å²) in [6.07, 6.45) is 0.894. The molecule has 0 fully saturated rings. The van der Waals surface area contributed by atoms with Crippen LogP contribution in [-0.4, -0.2) is 13.4 Å². The van der Waals surface area contributed by atoms with Crippen LogP contribution >= 0.6 is 11.3 Å². The lowest BCUT2D eigenvalue weighted by molar-refractivity contribution is 0.581. The lowest BCUT2D eigenvalue weighted by atomic mass is 10.2. The van der Waals surface area contributed by atoms with E-state index in [1.165, 1.54) is 11.3 Å². The highest BCUT2D eigenvalue weighted by molar-refractivity contribution is 7.89. The largest absolute Gasteiger partial charge is 0.245 e. The minimum Gasteiger partial charge on any atom is -0.245 e. The summed E-state index contributed by atoms with van der Waals surface area (Å²) in [4.78, 5) is 5.73. The molecule has 0 amide bonds. The maximum absolute atomic E-state index is 12.2. The zero-order valence-electron chi connectivity index (χ0n) is 11.8. The summed E-state index contributed by atoms with van der Waals surface area (Å²) >= 11 is 1.52. The van der Waals surface area contributed by atoms with Gasteiger partial charge in [-0.3, -0.25) is 0 Å². The van der Waals surface area contributed by atoms with Crippen LogP contribution in [0.1, 0.15) is 28.1 Å². The van der Waals surface area contributed by atoms with E-state index in [4.69, 9.17) is 0 Å². The van der Waals surface area contributed by atoms with Gasteiger partial charge < -0.3 is 0 Å². The number of nitrogens with one attached hydrogen (secondary N) is 1. The number of rotatable bonds is 5. The first-order valence-electron chi connectivity index (χ1n) is 6.44. The van der Waals surface area contributed by atoms with Crippen LogP contribution in [-0.2, 0) is 23.0 Å². The summed E-state index contributed by atoms with van der Waals surface area (Å²) in [5.74, 6) is 0. The Kier molecular flexibility index (Phi) is 4.57. The summed E-state index contributed by atoms with van der Waals surface area (Å²) in [6, 6.07) is 6.96. The number of benzene rings is 1. The number of thiazole rings is 1. The zero-order valence-corrected chi connectivity index (χ0v) is 13.4. The molecule has 0 saturated heterocycles. The summed E-state index contributed by atoms with van der Waals surface area (Å²) < 4.78 is 26.9. The normalized spacial score (nSPS) is 11.8. The van der Waals surface area contributed by atoms with Crippen molar-refractivity contribution in [2.75, 3.05) is 0 Å². The maximum atomic E-state index is 12.2. The van der Waals surface area contributed by atoms with Crippen LogP contribution in [0.3, 0.4) is 0 Å². The van der Waals surface area contributed by atoms with Gasteiger partial charge in [-0.2, -0.15) is 0 Å². The van der Waals surface area contributed by atoms with E-state index in [0.717, 1.165) is 27.6 Å². The van der Waals surface area contributed by atoms with Crippen LogP contribution in [0.2, 0.25) is 0 Å². The van der Waals surface area contributed by atoms with Crippen molar-refractivity contribution in [1.29, 1.82) is 0 Å². The Balaban J connectivity index is 2.10. The van der Waals surface area contributed by atoms with Crippen molar-refractivity contribution >= 4 is 21.4 Å². The number of aromatic nitrogens is 1. The number of nitrogens with zero attached hydrogens (tertiary/aromatic N) is 1. The highest BCUT2D eigenvalue weighted by atomic mass is 32.2. The van der Waals surface area contributed by atoms with Gasteiger partial charge in [-0.1, -0.05) is 19.1 Å². The van der Waals surface area contributed by atoms with Crippen LogP contribution in [0.25, 0.3) is 0 Å². The summed E-state index contributed by atoms with van der Waals surface area (Å²) in [5.41, 5.74) is 2.08. The first-order chi connectivity index (χ1) is 9.42. The van der Waals surface area contributed by atoms with Crippen LogP contribution in [0, 0.1) is 13.8 Å². The van der Waals surface area contributed by atoms with Gasteiger partial charge in [0.05, 0.1) is 17.1 Å². The fraction of sp³-hybridized carbons (Fsp3) is 0.357. The Hall–Kier alpha value is -1.24. The molecule has 108 valence electrons. The van der Waals surface area contributed by atoms with E-state index < -0.39 is 10.0 Å². The van der Waals surface area contributed by atoms with Crippen LogP contribution in [0.4, 0.5) is 0 Å². The van der Waals surface area contributed by atoms with Crippen molar-refractivity contribution in [2.45, 2.75) is 38.6 Å². The molecule has 20 heavy (non-hydrogen) atoms. The van der Waals surface area contributed by atoms with E-state index in [1.807, 2.05) is 32.9 Å². The molecule has 0 bridgehead atoms. The van der Waals surface area contributed by atoms with Crippen LogP contribution in [0.15, 0.2) is 29.2 Å². The molecule has 1 N–H and O–H groups in total. The van der Waals surface area contributed by atoms with E-state index in [9.17, 15) is 8.42 Å². The monoisotopic (exact) mass is 310 g/mol. The van der Waals surface area contributed by atoms with Crippen molar-refractivity contribution in [1.82, 2.24) is 9.71 Å². The van der Waals surface area contributed by atoms with Gasteiger partial charge in [-0.05, 0) is 38.0 Å². The van der Waals surface area contributed by atoms with Crippen molar-refractivity contribution in [3.05, 3.63) is 45.4 Å². The van der Waals surface area contributed by atoms with E-state index in [2.05, 4.69) is 9.71 Å². The number of aryl methyl sites for hydroxylation is 3. The van der Waals surface area contributed by atoms with E-state index in [0.29, 0.717) is 4.90 Å². The highest BCUT2D eigenvalue weighted by Crippen LogP contribution is 2.17. The molecule has 2 aromatic rings. The first-order valence-corrected chi connectivity index (χ1v) is 8.74. The average molecular weight is 310 g/mol. The van der Waals surface area contributed by atoms with Gasteiger partial charge >= 0.3 is 0 Å². The molecule has 0 aliphatic heterocycles. The highest BCUT2D eigenvalue weighted by Gasteiger charge is 2.14. The van der Waals surface area contributed by atoms with Crippen molar-refractivity contribution in [3.63, 3.8) is 0 Å². The molecular weight excluding hydrogens is 292 g/mol. The van der Waals surface area contributed by atoms with Gasteiger partial charge in [0.1, 0.15) is 5.01 Å². The fourth-order valence-electron chi connectivity index (χ4n) is 1.76. The third kappa shape index (κ3) is 3.45. The minimum absolute atomic E-state index is 0.233. The fourth-order valence-corrected chi connectivity index (χ4v) is 3.71. The molecule has 0 spiro atoms. The Morgan fingerprint density at radius 1 is 1.20 bits per heavy atom. The van der Waals surface area contributed by atoms with Gasteiger partial charge in [-0.15, -0.1) is 11.3 Å². The molecule has 0 aliphatic rings. The quantitative estimate of drug-likeness (QED) is 0.924. The van der Waals surface area contributed by atoms with Crippen LogP contribution < -0.4 is 4.72 Å². The average Bonchev–Trinajstić information content (AvgIpc) is 2.76. The third-order valence-corrected chi connectivity index (χ3v) is 5.62. The summed E-state index contributed by atoms with van der Waals surface area (Å²) in [5, 5.41) is 0.786. The van der Waals surface area contributed by atoms with Gasteiger partial charge in [-0.25, -0.2) is 18.1 Å². The molecule has 1 aromatic heterocycles. The minimum atomic E-state index is -3.47. The Labute approximate surface area is 123 Å². The predicted molar refractivity (Wildman–Crippen MR) is 81.4 cm³/mol. The number of hydrogen-bond donors (Lipinski definition) is 1. The Bertz CT molecular complexity index is 669. The Morgan fingerprint density at radius 3 is 2.35 bits per heavy atom. The number of sulfonamides is 1. The standard InChI is InChI=1S/C14H18N2O2S2/c1-4-12-5-7-13(8-6-12)20(17,18)15-9-14-16-10(2)11(3)19-14/h5-8,15H,4,9H2,1-3H3. The van der Waals surface area contributed by atoms with Crippen molar-refractivity contribution in [2.24, 2.45) is 0 Å². The van der Waals surface area contributed by atoms with E-state index in [-0.39, 0.29) is 6.54 Å². The zero-order chi connectivity index (χ0) is 14.8. The molecule has 0 unspecified atom stereocenters. The van der Waals surface area contributed by atoms with Gasteiger partial charge in [0.2, 0.25) is 10.0 Å². The second kappa shape index (κ2) is 6.03. The molecule has 6 heteroatoms. The van der Waals surface area contributed by atoms with Crippen molar-refractivity contribution in [3.8, 4) is 0 Å². The second-order valence-electron chi connectivity index (χ2n) is 4.57. The Morgan fingerprint density at radius 2 is 1.85 bits per heavy atom. The molecule has 1 heterocycles. The topological polar surface area (TPSA) is 59.1 Å². The molecule has 2 rings (SSSR count). The molecule has 0 saturated carbocycles. The lowest BCUT2D eigenvalue weighted by Crippen LogP contribution is -2.23. The number of hydrogen-bond acceptors (Lipinski definition) is 4. The van der Waals surface area contributed by atoms with Crippen molar-refractivity contribution < 1.29 is 8.42 Å². The molecule has 4 nitrogen and oxygen atoms in total. The van der Waals surface area contributed by atoms with Crippen LogP contribution in [0.5, 0.6) is 0 Å². The van der Waals surface area contributed by atoms with E-state index in [1.54, 1.807) is 12.1 Å². The lowest BCUT2D eigenvalue weighted by Gasteiger charge is -2.06. The second-order valence-corrected chi connectivity index (χ2v) is 7.63. The third-order valence-electron chi connectivity index (χ3n) is 3.13. The van der Waals surface area contributed by atoms with E-state index >= 15 is 0 Å². The maximum Gasteiger partial charge on any atom is 0.240 e. The molecule has 0 aliphatic carbocycles. The SMILES string of the molecule is CCc1ccc(S(=O)(=O)NCc2nc(C)c(C)s2)cc1. The summed E-state index contributed by atoms with van der Waals surface area (Å²) in [6.45, 7) is 6.17. The molecule has 1 aromatic carbocycles.